The van der Waals surface area contributed by atoms with Gasteiger partial charge in [0.25, 0.3) is 0 Å². The normalized spacial score (nSPS) is 10.9. The van der Waals surface area contributed by atoms with Gasteiger partial charge in [0.15, 0.2) is 0 Å². The number of methoxy groups -OCH3 is 1. The molecule has 1 aromatic heterocycles. The minimum Gasteiger partial charge on any atom is -0.378 e. The van der Waals surface area contributed by atoms with Gasteiger partial charge in [0.1, 0.15) is 0 Å². The predicted molar refractivity (Wildman–Crippen MR) is 65.2 cm³/mol. The molecule has 0 aliphatic heterocycles. The Labute approximate surface area is 101 Å². The largest absolute Gasteiger partial charge is 0.378 e. The Kier molecular flexibility index (Phi) is 3.24. The smallest absolute Gasteiger partial charge is 0.0884 e. The topological polar surface area (TPSA) is 22.1 Å². The Bertz CT molecular complexity index is 501. The maximum atomic E-state index is 6.15. The van der Waals surface area contributed by atoms with Gasteiger partial charge in [-0.3, -0.25) is 4.98 Å². The third-order valence-corrected chi connectivity index (χ3v) is 2.87. The molecule has 1 heterocycles. The van der Waals surface area contributed by atoms with E-state index in [0.29, 0.717) is 11.6 Å². The molecule has 0 fully saturated rings. The average Bonchev–Trinajstić information content (AvgIpc) is 2.20. The summed E-state index contributed by atoms with van der Waals surface area (Å²) in [5.41, 5.74) is 1.73. The molecule has 0 aliphatic carbocycles. The van der Waals surface area contributed by atoms with Crippen LogP contribution in [0.5, 0.6) is 0 Å². The fourth-order valence-electron chi connectivity index (χ4n) is 1.43. The minimum atomic E-state index is 0.478. The monoisotopic (exact) mass is 285 g/mol. The Hall–Kier alpha value is -0.640. The summed E-state index contributed by atoms with van der Waals surface area (Å²) in [6.07, 6.45) is 0. The average molecular weight is 287 g/mol. The van der Waals surface area contributed by atoms with Crippen LogP contribution < -0.4 is 0 Å². The predicted octanol–water partition coefficient (Wildman–Crippen LogP) is 3.80. The van der Waals surface area contributed by atoms with E-state index < -0.39 is 0 Å². The van der Waals surface area contributed by atoms with Crippen molar-refractivity contribution in [3.8, 4) is 0 Å². The molecular formula is C11H9BrClNO. The van der Waals surface area contributed by atoms with Crippen LogP contribution in [0.3, 0.4) is 0 Å². The highest BCUT2D eigenvalue weighted by Crippen LogP contribution is 2.26. The standard InChI is InChI=1S/C11H9BrClNO/c1-15-6-8-5-10(13)9-4-7(12)2-3-11(9)14-8/h2-5H,6H2,1H3. The fraction of sp³-hybridized carbons (Fsp3) is 0.182. The lowest BCUT2D eigenvalue weighted by Crippen LogP contribution is -1.93. The molecule has 0 amide bonds. The van der Waals surface area contributed by atoms with Crippen molar-refractivity contribution in [1.82, 2.24) is 4.98 Å². The van der Waals surface area contributed by atoms with Gasteiger partial charge in [0.2, 0.25) is 0 Å². The van der Waals surface area contributed by atoms with Crippen LogP contribution in [0.1, 0.15) is 5.69 Å². The summed E-state index contributed by atoms with van der Waals surface area (Å²) in [7, 11) is 1.64. The summed E-state index contributed by atoms with van der Waals surface area (Å²) in [5.74, 6) is 0. The lowest BCUT2D eigenvalue weighted by atomic mass is 10.2. The molecule has 0 saturated carbocycles. The molecule has 0 N–H and O–H groups in total. The van der Waals surface area contributed by atoms with Crippen LogP contribution in [-0.2, 0) is 11.3 Å². The lowest BCUT2D eigenvalue weighted by Gasteiger charge is -2.04. The zero-order chi connectivity index (χ0) is 10.8. The van der Waals surface area contributed by atoms with Crippen LogP contribution in [-0.4, -0.2) is 12.1 Å². The number of ether oxygens (including phenoxy) is 1. The molecule has 15 heavy (non-hydrogen) atoms. The summed E-state index contributed by atoms with van der Waals surface area (Å²) in [6.45, 7) is 0.478. The van der Waals surface area contributed by atoms with E-state index >= 15 is 0 Å². The van der Waals surface area contributed by atoms with Crippen LogP contribution in [0.25, 0.3) is 10.9 Å². The highest BCUT2D eigenvalue weighted by molar-refractivity contribution is 9.10. The summed E-state index contributed by atoms with van der Waals surface area (Å²) < 4.78 is 6.02. The first-order valence-electron chi connectivity index (χ1n) is 4.44. The van der Waals surface area contributed by atoms with Crippen LogP contribution in [0.15, 0.2) is 28.7 Å². The van der Waals surface area contributed by atoms with Crippen molar-refractivity contribution in [1.29, 1.82) is 0 Å². The summed E-state index contributed by atoms with van der Waals surface area (Å²) in [4.78, 5) is 4.44. The number of halogens is 2. The Balaban J connectivity index is 2.62. The van der Waals surface area contributed by atoms with Crippen molar-refractivity contribution in [3.05, 3.63) is 39.5 Å². The Morgan fingerprint density at radius 3 is 2.93 bits per heavy atom. The van der Waals surface area contributed by atoms with Gasteiger partial charge < -0.3 is 4.74 Å². The van der Waals surface area contributed by atoms with Gasteiger partial charge in [-0.05, 0) is 24.3 Å². The maximum absolute atomic E-state index is 6.15. The summed E-state index contributed by atoms with van der Waals surface area (Å²) >= 11 is 9.56. The number of benzene rings is 1. The van der Waals surface area contributed by atoms with Gasteiger partial charge in [-0.25, -0.2) is 0 Å². The van der Waals surface area contributed by atoms with Crippen molar-refractivity contribution in [2.75, 3.05) is 7.11 Å². The zero-order valence-electron chi connectivity index (χ0n) is 8.13. The molecule has 78 valence electrons. The second kappa shape index (κ2) is 4.47. The quantitative estimate of drug-likeness (QED) is 0.838. The van der Waals surface area contributed by atoms with Crippen LogP contribution >= 0.6 is 27.5 Å². The number of hydrogen-bond acceptors (Lipinski definition) is 2. The molecular weight excluding hydrogens is 277 g/mol. The van der Waals surface area contributed by atoms with E-state index in [-0.39, 0.29) is 0 Å². The number of pyridine rings is 1. The molecule has 0 atom stereocenters. The van der Waals surface area contributed by atoms with E-state index in [4.69, 9.17) is 16.3 Å². The number of hydrogen-bond donors (Lipinski definition) is 0. The molecule has 2 rings (SSSR count). The van der Waals surface area contributed by atoms with E-state index in [0.717, 1.165) is 21.1 Å². The van der Waals surface area contributed by atoms with Gasteiger partial charge in [0.05, 0.1) is 22.8 Å². The molecule has 0 aliphatic rings. The highest BCUT2D eigenvalue weighted by Gasteiger charge is 2.04. The minimum absolute atomic E-state index is 0.478. The van der Waals surface area contributed by atoms with Crippen LogP contribution in [0.2, 0.25) is 5.02 Å². The second-order valence-corrected chi connectivity index (χ2v) is 4.51. The summed E-state index contributed by atoms with van der Waals surface area (Å²) in [6, 6.07) is 7.67. The number of aromatic nitrogens is 1. The van der Waals surface area contributed by atoms with E-state index in [1.54, 1.807) is 7.11 Å². The molecule has 2 aromatic rings. The van der Waals surface area contributed by atoms with E-state index in [2.05, 4.69) is 20.9 Å². The second-order valence-electron chi connectivity index (χ2n) is 3.19. The molecule has 0 radical (unpaired) electrons. The van der Waals surface area contributed by atoms with Gasteiger partial charge in [-0.2, -0.15) is 0 Å². The van der Waals surface area contributed by atoms with Gasteiger partial charge >= 0.3 is 0 Å². The van der Waals surface area contributed by atoms with E-state index in [1.807, 2.05) is 24.3 Å². The molecule has 4 heteroatoms. The zero-order valence-corrected chi connectivity index (χ0v) is 10.5. The van der Waals surface area contributed by atoms with Crippen molar-refractivity contribution >= 4 is 38.4 Å². The van der Waals surface area contributed by atoms with Gasteiger partial charge in [0, 0.05) is 17.0 Å². The van der Waals surface area contributed by atoms with Crippen molar-refractivity contribution in [2.24, 2.45) is 0 Å². The SMILES string of the molecule is COCc1cc(Cl)c2cc(Br)ccc2n1. The van der Waals surface area contributed by atoms with E-state index in [9.17, 15) is 0 Å². The summed E-state index contributed by atoms with van der Waals surface area (Å²) in [5, 5.41) is 1.65. The molecule has 1 aromatic carbocycles. The van der Waals surface area contributed by atoms with E-state index in [1.165, 1.54) is 0 Å². The van der Waals surface area contributed by atoms with Gasteiger partial charge in [-0.15, -0.1) is 0 Å². The maximum Gasteiger partial charge on any atom is 0.0884 e. The van der Waals surface area contributed by atoms with Crippen molar-refractivity contribution in [2.45, 2.75) is 6.61 Å². The molecule has 0 saturated heterocycles. The fourth-order valence-corrected chi connectivity index (χ4v) is 2.07. The molecule has 0 bridgehead atoms. The molecule has 0 unspecified atom stereocenters. The third kappa shape index (κ3) is 2.30. The first kappa shape index (κ1) is 10.9. The van der Waals surface area contributed by atoms with Gasteiger partial charge in [-0.1, -0.05) is 27.5 Å². The first-order chi connectivity index (χ1) is 7.20. The van der Waals surface area contributed by atoms with Crippen LogP contribution in [0.4, 0.5) is 0 Å². The van der Waals surface area contributed by atoms with Crippen LogP contribution in [0, 0.1) is 0 Å². The number of fused-ring (bicyclic) bond motifs is 1. The molecule has 2 nitrogen and oxygen atoms in total. The first-order valence-corrected chi connectivity index (χ1v) is 5.61. The molecule has 0 spiro atoms. The Morgan fingerprint density at radius 2 is 2.20 bits per heavy atom. The lowest BCUT2D eigenvalue weighted by molar-refractivity contribution is 0.182. The van der Waals surface area contributed by atoms with Crippen molar-refractivity contribution in [3.63, 3.8) is 0 Å². The highest BCUT2D eigenvalue weighted by atomic mass is 79.9. The Morgan fingerprint density at radius 1 is 1.40 bits per heavy atom. The number of nitrogens with zero attached hydrogens (tertiary/aromatic N) is 1. The number of rotatable bonds is 2. The van der Waals surface area contributed by atoms with Crippen molar-refractivity contribution < 1.29 is 4.74 Å². The third-order valence-electron chi connectivity index (χ3n) is 2.07.